The number of alkyl halides is 2. The fourth-order valence-electron chi connectivity index (χ4n) is 1.79. The predicted molar refractivity (Wildman–Crippen MR) is 90.4 cm³/mol. The highest BCUT2D eigenvalue weighted by Crippen LogP contribution is 2.12. The molecule has 2 aromatic rings. The highest BCUT2D eigenvalue weighted by molar-refractivity contribution is 6.44. The lowest BCUT2D eigenvalue weighted by Gasteiger charge is -2.16. The van der Waals surface area contributed by atoms with Gasteiger partial charge in [0, 0.05) is 11.1 Å². The molecule has 1 unspecified atom stereocenters. The number of nitrogens with two attached hydrogens (primary N) is 1. The average Bonchev–Trinajstić information content (AvgIpc) is 2.55. The summed E-state index contributed by atoms with van der Waals surface area (Å²) >= 11 is 11.8. The van der Waals surface area contributed by atoms with Crippen LogP contribution in [0.2, 0.25) is 0 Å². The maximum Gasteiger partial charge on any atom is 0.252 e. The predicted octanol–water partition coefficient (Wildman–Crippen LogP) is 2.95. The molecule has 0 radical (unpaired) electrons. The lowest BCUT2D eigenvalue weighted by molar-refractivity contribution is 0.0940. The molecule has 0 saturated heterocycles. The zero-order chi connectivity index (χ0) is 15.9. The number of benzene rings is 2. The summed E-state index contributed by atoms with van der Waals surface area (Å²) in [6, 6.07) is 17.9. The van der Waals surface area contributed by atoms with Crippen molar-refractivity contribution in [3.05, 3.63) is 71.8 Å². The minimum Gasteiger partial charge on any atom is -0.383 e. The highest BCUT2D eigenvalue weighted by atomic mass is 35.5. The molecule has 0 aliphatic rings. The third-order valence-electron chi connectivity index (χ3n) is 2.90. The van der Waals surface area contributed by atoms with Gasteiger partial charge in [0.15, 0.2) is 6.17 Å². The van der Waals surface area contributed by atoms with Crippen LogP contribution in [-0.4, -0.2) is 22.7 Å². The number of amidine groups is 1. The van der Waals surface area contributed by atoms with Gasteiger partial charge in [-0.1, -0.05) is 48.5 Å². The van der Waals surface area contributed by atoms with Crippen LogP contribution >= 0.6 is 23.2 Å². The second-order valence-electron chi connectivity index (χ2n) is 4.50. The van der Waals surface area contributed by atoms with Crippen LogP contribution < -0.4 is 11.1 Å². The van der Waals surface area contributed by atoms with Gasteiger partial charge in [-0.2, -0.15) is 0 Å². The Morgan fingerprint density at radius 1 is 0.955 bits per heavy atom. The summed E-state index contributed by atoms with van der Waals surface area (Å²) in [6.07, 6.45) is -0.837. The van der Waals surface area contributed by atoms with Crippen molar-refractivity contribution >= 4 is 34.9 Å². The summed E-state index contributed by atoms with van der Waals surface area (Å²) < 4.78 is 0. The molecule has 2 aromatic carbocycles. The molecule has 0 fully saturated rings. The fraction of sp³-hybridized carbons (Fsp3) is 0.125. The lowest BCUT2D eigenvalue weighted by atomic mass is 10.2. The van der Waals surface area contributed by atoms with Crippen LogP contribution in [0.4, 0.5) is 0 Å². The molecule has 0 spiro atoms. The molecule has 3 N–H and O–H groups in total. The van der Waals surface area contributed by atoms with Crippen LogP contribution in [0.3, 0.4) is 0 Å². The Morgan fingerprint density at radius 2 is 1.45 bits per heavy atom. The number of hydrogen-bond acceptors (Lipinski definition) is 2. The van der Waals surface area contributed by atoms with Gasteiger partial charge in [0.25, 0.3) is 5.91 Å². The monoisotopic (exact) mass is 335 g/mol. The fourth-order valence-corrected chi connectivity index (χ4v) is 2.03. The Hall–Kier alpha value is -2.04. The largest absolute Gasteiger partial charge is 0.383 e. The zero-order valence-corrected chi connectivity index (χ0v) is 13.1. The first-order valence-electron chi connectivity index (χ1n) is 6.60. The van der Waals surface area contributed by atoms with Gasteiger partial charge in [0.2, 0.25) is 0 Å². The van der Waals surface area contributed by atoms with Crippen molar-refractivity contribution in [3.8, 4) is 0 Å². The van der Waals surface area contributed by atoms with E-state index in [1.165, 1.54) is 0 Å². The Bertz CT molecular complexity index is 645. The van der Waals surface area contributed by atoms with Crippen molar-refractivity contribution in [2.75, 3.05) is 0 Å². The minimum atomic E-state index is -0.921. The van der Waals surface area contributed by atoms with E-state index in [0.717, 1.165) is 5.56 Å². The van der Waals surface area contributed by atoms with E-state index in [2.05, 4.69) is 10.3 Å². The molecule has 1 atom stereocenters. The summed E-state index contributed by atoms with van der Waals surface area (Å²) in [5.74, 6) is -0.0632. The quantitative estimate of drug-likeness (QED) is 0.501. The van der Waals surface area contributed by atoms with E-state index >= 15 is 0 Å². The van der Waals surface area contributed by atoms with Crippen molar-refractivity contribution in [2.45, 2.75) is 11.0 Å². The lowest BCUT2D eigenvalue weighted by Crippen LogP contribution is -2.39. The van der Waals surface area contributed by atoms with E-state index in [9.17, 15) is 4.79 Å². The molecule has 0 aromatic heterocycles. The summed E-state index contributed by atoms with van der Waals surface area (Å²) in [5.41, 5.74) is 7.16. The van der Waals surface area contributed by atoms with Crippen LogP contribution in [0.15, 0.2) is 65.7 Å². The number of halogens is 2. The molecule has 2 rings (SSSR count). The number of nitrogens with one attached hydrogen (secondary N) is 1. The number of carbonyl (C=O) groups is 1. The van der Waals surface area contributed by atoms with Gasteiger partial charge in [-0.05, 0) is 12.1 Å². The van der Waals surface area contributed by atoms with Crippen LogP contribution in [0.5, 0.6) is 0 Å². The maximum atomic E-state index is 12.1. The number of aliphatic imine (C=N–C) groups is 1. The number of hydrogen-bond donors (Lipinski definition) is 2. The van der Waals surface area contributed by atoms with Crippen molar-refractivity contribution < 1.29 is 4.79 Å². The molecule has 22 heavy (non-hydrogen) atoms. The maximum absolute atomic E-state index is 12.1. The van der Waals surface area contributed by atoms with Gasteiger partial charge in [0.1, 0.15) is 10.7 Å². The Kier molecular flexibility index (Phi) is 5.81. The minimum absolute atomic E-state index is 0.255. The van der Waals surface area contributed by atoms with Crippen molar-refractivity contribution in [1.29, 1.82) is 0 Å². The molecule has 0 heterocycles. The molecule has 0 saturated carbocycles. The SMILES string of the molecule is NC(=NC(NC(=O)c1ccccc1)C(Cl)Cl)c1ccccc1. The first-order valence-corrected chi connectivity index (χ1v) is 7.48. The van der Waals surface area contributed by atoms with Gasteiger partial charge in [-0.15, -0.1) is 23.2 Å². The third-order valence-corrected chi connectivity index (χ3v) is 3.38. The topological polar surface area (TPSA) is 67.5 Å². The average molecular weight is 336 g/mol. The van der Waals surface area contributed by atoms with Gasteiger partial charge in [-0.3, -0.25) is 4.79 Å². The van der Waals surface area contributed by atoms with Crippen LogP contribution in [0.25, 0.3) is 0 Å². The van der Waals surface area contributed by atoms with Crippen LogP contribution in [-0.2, 0) is 0 Å². The summed E-state index contributed by atoms with van der Waals surface area (Å²) in [7, 11) is 0. The van der Waals surface area contributed by atoms with E-state index in [1.807, 2.05) is 36.4 Å². The first-order chi connectivity index (χ1) is 10.6. The van der Waals surface area contributed by atoms with Crippen molar-refractivity contribution in [2.24, 2.45) is 10.7 Å². The first kappa shape index (κ1) is 16.3. The summed E-state index contributed by atoms with van der Waals surface area (Å²) in [5, 5.41) is 2.66. The molecular formula is C16H15Cl2N3O. The van der Waals surface area contributed by atoms with Crippen LogP contribution in [0, 0.1) is 0 Å². The zero-order valence-electron chi connectivity index (χ0n) is 11.6. The summed E-state index contributed by atoms with van der Waals surface area (Å²) in [6.45, 7) is 0. The normalized spacial score (nSPS) is 13.0. The van der Waals surface area contributed by atoms with E-state index in [4.69, 9.17) is 28.9 Å². The Balaban J connectivity index is 2.15. The van der Waals surface area contributed by atoms with Crippen molar-refractivity contribution in [1.82, 2.24) is 5.32 Å². The van der Waals surface area contributed by atoms with E-state index in [1.54, 1.807) is 24.3 Å². The van der Waals surface area contributed by atoms with Gasteiger partial charge >= 0.3 is 0 Å². The van der Waals surface area contributed by atoms with Gasteiger partial charge in [0.05, 0.1) is 0 Å². The number of amides is 1. The molecule has 0 bridgehead atoms. The molecule has 6 heteroatoms. The second-order valence-corrected chi connectivity index (χ2v) is 5.66. The van der Waals surface area contributed by atoms with Gasteiger partial charge < -0.3 is 11.1 Å². The molecule has 4 nitrogen and oxygen atoms in total. The molecule has 1 amide bonds. The van der Waals surface area contributed by atoms with E-state index in [0.29, 0.717) is 5.56 Å². The van der Waals surface area contributed by atoms with Crippen LogP contribution in [0.1, 0.15) is 15.9 Å². The molecular weight excluding hydrogens is 321 g/mol. The molecule has 0 aliphatic carbocycles. The van der Waals surface area contributed by atoms with Gasteiger partial charge in [-0.25, -0.2) is 4.99 Å². The second kappa shape index (κ2) is 7.82. The Morgan fingerprint density at radius 3 is 1.95 bits per heavy atom. The van der Waals surface area contributed by atoms with E-state index < -0.39 is 11.0 Å². The third kappa shape index (κ3) is 4.48. The van der Waals surface area contributed by atoms with Crippen molar-refractivity contribution in [3.63, 3.8) is 0 Å². The molecule has 114 valence electrons. The molecule has 0 aliphatic heterocycles. The smallest absolute Gasteiger partial charge is 0.252 e. The number of nitrogens with zero attached hydrogens (tertiary/aromatic N) is 1. The number of carbonyl (C=O) groups excluding carboxylic acids is 1. The highest BCUT2D eigenvalue weighted by Gasteiger charge is 2.20. The number of rotatable bonds is 5. The summed E-state index contributed by atoms with van der Waals surface area (Å²) in [4.78, 5) is 15.4. The standard InChI is InChI=1S/C16H15Cl2N3O/c17-13(18)15(20-14(19)11-7-3-1-4-8-11)21-16(22)12-9-5-2-6-10-12/h1-10,13,15H,(H2,19,20)(H,21,22). The van der Waals surface area contributed by atoms with E-state index in [-0.39, 0.29) is 11.7 Å². The Labute approximate surface area is 139 Å².